The number of halogens is 1. The fraction of sp³-hybridized carbons (Fsp3) is 0.304. The Hall–Kier alpha value is -2.79. The molecule has 0 bridgehead atoms. The second kappa shape index (κ2) is 8.70. The van der Waals surface area contributed by atoms with E-state index in [1.165, 1.54) is 4.90 Å². The van der Waals surface area contributed by atoms with E-state index in [9.17, 15) is 9.59 Å². The largest absolute Gasteiger partial charge is 0.372 e. The van der Waals surface area contributed by atoms with Gasteiger partial charge in [0.05, 0.1) is 5.57 Å². The average Bonchev–Trinajstić information content (AvgIpc) is 2.94. The van der Waals surface area contributed by atoms with Crippen LogP contribution >= 0.6 is 11.6 Å². The third kappa shape index (κ3) is 4.15. The number of hydrogen-bond donors (Lipinski definition) is 1. The van der Waals surface area contributed by atoms with Crippen molar-refractivity contribution in [1.29, 1.82) is 0 Å². The zero-order valence-corrected chi connectivity index (χ0v) is 18.0. The summed E-state index contributed by atoms with van der Waals surface area (Å²) in [5.74, 6) is -0.614. The van der Waals surface area contributed by atoms with Crippen LogP contribution in [0.3, 0.4) is 0 Å². The highest BCUT2D eigenvalue weighted by Crippen LogP contribution is 2.32. The summed E-state index contributed by atoms with van der Waals surface area (Å²) in [5.41, 5.74) is 3.20. The minimum absolute atomic E-state index is 0.235. The zero-order chi connectivity index (χ0) is 21.1. The van der Waals surface area contributed by atoms with Crippen LogP contribution < -0.4 is 10.2 Å². The number of hydrogen-bond acceptors (Lipinski definition) is 4. The number of nitrogens with zero attached hydrogens (tertiary/aromatic N) is 2. The molecule has 0 saturated heterocycles. The molecule has 5 nitrogen and oxygen atoms in total. The lowest BCUT2D eigenvalue weighted by Gasteiger charge is -2.21. The highest BCUT2D eigenvalue weighted by Gasteiger charge is 2.40. The summed E-state index contributed by atoms with van der Waals surface area (Å²) in [6.07, 6.45) is 0. The van der Waals surface area contributed by atoms with Crippen molar-refractivity contribution >= 4 is 40.4 Å². The Morgan fingerprint density at radius 1 is 0.931 bits per heavy atom. The molecule has 2 aromatic rings. The molecule has 1 heterocycles. The van der Waals surface area contributed by atoms with E-state index in [1.807, 2.05) is 38.1 Å². The number of rotatable bonds is 7. The van der Waals surface area contributed by atoms with Crippen LogP contribution in [0.2, 0.25) is 5.02 Å². The molecule has 0 atom stereocenters. The molecular weight excluding hydrogens is 386 g/mol. The van der Waals surface area contributed by atoms with E-state index in [4.69, 9.17) is 11.6 Å². The smallest absolute Gasteiger partial charge is 0.278 e. The maximum Gasteiger partial charge on any atom is 0.278 e. The van der Waals surface area contributed by atoms with Gasteiger partial charge in [0.15, 0.2) is 0 Å². The van der Waals surface area contributed by atoms with Gasteiger partial charge in [-0.05, 0) is 69.7 Å². The van der Waals surface area contributed by atoms with Gasteiger partial charge in [-0.2, -0.15) is 0 Å². The fourth-order valence-corrected chi connectivity index (χ4v) is 3.63. The number of anilines is 2. The lowest BCUT2D eigenvalue weighted by Crippen LogP contribution is -2.38. The summed E-state index contributed by atoms with van der Waals surface area (Å²) in [6.45, 7) is 9.73. The predicted octanol–water partition coefficient (Wildman–Crippen LogP) is 4.79. The van der Waals surface area contributed by atoms with Crippen LogP contribution in [0.4, 0.5) is 11.4 Å². The monoisotopic (exact) mass is 411 g/mol. The van der Waals surface area contributed by atoms with Crippen molar-refractivity contribution in [3.8, 4) is 0 Å². The fourth-order valence-electron chi connectivity index (χ4n) is 3.51. The first-order valence-electron chi connectivity index (χ1n) is 9.87. The molecule has 0 saturated carbocycles. The zero-order valence-electron chi connectivity index (χ0n) is 17.2. The van der Waals surface area contributed by atoms with Crippen molar-refractivity contribution in [1.82, 2.24) is 4.90 Å². The SMILES string of the molecule is CCN(CC)c1ccc(NC2=C(c3ccc(Cl)cc3)C(=O)N(C(C)C)C2=O)cc1. The van der Waals surface area contributed by atoms with Crippen molar-refractivity contribution in [3.05, 3.63) is 64.8 Å². The maximum absolute atomic E-state index is 13.0. The third-order valence-electron chi connectivity index (χ3n) is 5.03. The second-order valence-electron chi connectivity index (χ2n) is 7.18. The summed E-state index contributed by atoms with van der Waals surface area (Å²) in [5, 5.41) is 3.76. The molecule has 0 unspecified atom stereocenters. The van der Waals surface area contributed by atoms with Crippen molar-refractivity contribution in [3.63, 3.8) is 0 Å². The molecule has 1 N–H and O–H groups in total. The van der Waals surface area contributed by atoms with Gasteiger partial charge < -0.3 is 10.2 Å². The Kier molecular flexibility index (Phi) is 6.28. The molecular formula is C23H26ClN3O2. The van der Waals surface area contributed by atoms with Crippen molar-refractivity contribution in [2.45, 2.75) is 33.7 Å². The number of carbonyl (C=O) groups is 2. The van der Waals surface area contributed by atoms with E-state index in [0.717, 1.165) is 24.5 Å². The van der Waals surface area contributed by atoms with E-state index >= 15 is 0 Å². The summed E-state index contributed by atoms with van der Waals surface area (Å²) in [4.78, 5) is 29.6. The van der Waals surface area contributed by atoms with Crippen molar-refractivity contribution in [2.24, 2.45) is 0 Å². The number of amides is 2. The van der Waals surface area contributed by atoms with Gasteiger partial charge in [-0.3, -0.25) is 14.5 Å². The first-order valence-corrected chi connectivity index (χ1v) is 10.2. The Morgan fingerprint density at radius 2 is 1.52 bits per heavy atom. The van der Waals surface area contributed by atoms with Crippen molar-refractivity contribution in [2.75, 3.05) is 23.3 Å². The highest BCUT2D eigenvalue weighted by molar-refractivity contribution is 6.37. The molecule has 152 valence electrons. The molecule has 1 aliphatic heterocycles. The molecule has 29 heavy (non-hydrogen) atoms. The third-order valence-corrected chi connectivity index (χ3v) is 5.28. The lowest BCUT2D eigenvalue weighted by molar-refractivity contribution is -0.138. The standard InChI is InChI=1S/C23H26ClN3O2/c1-5-26(6-2)19-13-11-18(12-14-19)25-21-20(16-7-9-17(24)10-8-16)22(28)27(15(3)4)23(21)29/h7-15,25H,5-6H2,1-4H3. The number of nitrogens with one attached hydrogen (secondary N) is 1. The minimum atomic E-state index is -0.317. The molecule has 0 radical (unpaired) electrons. The minimum Gasteiger partial charge on any atom is -0.372 e. The van der Waals surface area contributed by atoms with Crippen LogP contribution in [-0.2, 0) is 9.59 Å². The van der Waals surface area contributed by atoms with Crippen LogP contribution in [0.15, 0.2) is 54.2 Å². The molecule has 0 aromatic heterocycles. The predicted molar refractivity (Wildman–Crippen MR) is 119 cm³/mol. The van der Waals surface area contributed by atoms with Gasteiger partial charge in [0.2, 0.25) is 0 Å². The van der Waals surface area contributed by atoms with Crippen LogP contribution in [-0.4, -0.2) is 35.8 Å². The summed E-state index contributed by atoms with van der Waals surface area (Å²) in [7, 11) is 0. The second-order valence-corrected chi connectivity index (χ2v) is 7.61. The maximum atomic E-state index is 13.0. The van der Waals surface area contributed by atoms with Gasteiger partial charge in [0.25, 0.3) is 11.8 Å². The van der Waals surface area contributed by atoms with Crippen LogP contribution in [0.5, 0.6) is 0 Å². The van der Waals surface area contributed by atoms with E-state index in [-0.39, 0.29) is 17.9 Å². The van der Waals surface area contributed by atoms with Crippen LogP contribution in [0.25, 0.3) is 5.57 Å². The van der Waals surface area contributed by atoms with Crippen molar-refractivity contribution < 1.29 is 9.59 Å². The first kappa shape index (κ1) is 20.9. The van der Waals surface area contributed by atoms with Gasteiger partial charge in [0.1, 0.15) is 5.70 Å². The summed E-state index contributed by atoms with van der Waals surface area (Å²) >= 11 is 5.99. The van der Waals surface area contributed by atoms with E-state index in [0.29, 0.717) is 21.9 Å². The molecule has 0 aliphatic carbocycles. The Bertz CT molecular complexity index is 930. The Balaban J connectivity index is 1.99. The topological polar surface area (TPSA) is 52.7 Å². The first-order chi connectivity index (χ1) is 13.9. The Morgan fingerprint density at radius 3 is 2.03 bits per heavy atom. The number of benzene rings is 2. The van der Waals surface area contributed by atoms with E-state index in [1.54, 1.807) is 24.3 Å². The molecule has 6 heteroatoms. The molecule has 1 aliphatic rings. The Labute approximate surface area is 177 Å². The average molecular weight is 412 g/mol. The van der Waals surface area contributed by atoms with Gasteiger partial charge in [-0.15, -0.1) is 0 Å². The molecule has 3 rings (SSSR count). The summed E-state index contributed by atoms with van der Waals surface area (Å²) < 4.78 is 0. The van der Waals surface area contributed by atoms with Gasteiger partial charge in [-0.1, -0.05) is 23.7 Å². The van der Waals surface area contributed by atoms with E-state index in [2.05, 4.69) is 24.1 Å². The quantitative estimate of drug-likeness (QED) is 0.666. The van der Waals surface area contributed by atoms with Crippen LogP contribution in [0, 0.1) is 0 Å². The van der Waals surface area contributed by atoms with E-state index < -0.39 is 0 Å². The highest BCUT2D eigenvalue weighted by atomic mass is 35.5. The number of imide groups is 1. The van der Waals surface area contributed by atoms with Gasteiger partial charge in [-0.25, -0.2) is 0 Å². The normalized spacial score (nSPS) is 14.2. The molecule has 2 aromatic carbocycles. The molecule has 2 amide bonds. The number of carbonyl (C=O) groups excluding carboxylic acids is 2. The van der Waals surface area contributed by atoms with Gasteiger partial charge >= 0.3 is 0 Å². The molecule has 0 spiro atoms. The molecule has 0 fully saturated rings. The van der Waals surface area contributed by atoms with Gasteiger partial charge in [0, 0.05) is 35.5 Å². The van der Waals surface area contributed by atoms with Crippen LogP contribution in [0.1, 0.15) is 33.3 Å². The summed E-state index contributed by atoms with van der Waals surface area (Å²) in [6, 6.07) is 14.6. The lowest BCUT2D eigenvalue weighted by atomic mass is 10.0.